The molecule has 1 rings (SSSR count). The summed E-state index contributed by atoms with van der Waals surface area (Å²) >= 11 is 0. The van der Waals surface area contributed by atoms with Crippen molar-refractivity contribution in [3.63, 3.8) is 0 Å². The number of hydrogen-bond donors (Lipinski definition) is 2. The fraction of sp³-hybridized carbons (Fsp3) is 0.850. The monoisotopic (exact) mass is 386 g/mol. The molecule has 1 aliphatic rings. The number of aliphatic hydroxyl groups excluding tert-OH is 2. The first kappa shape index (κ1) is 23.3. The Morgan fingerprint density at radius 3 is 2.35 bits per heavy atom. The molecule has 152 valence electrons. The van der Waals surface area contributed by atoms with Gasteiger partial charge in [-0.1, -0.05) is 32.9 Å². The zero-order valence-corrected chi connectivity index (χ0v) is 18.3. The van der Waals surface area contributed by atoms with Crippen molar-refractivity contribution in [2.75, 3.05) is 13.7 Å². The van der Waals surface area contributed by atoms with Crippen molar-refractivity contribution < 1.29 is 24.2 Å². The molecule has 1 fully saturated rings. The number of esters is 1. The molecule has 0 aliphatic heterocycles. The minimum absolute atomic E-state index is 0.0200. The van der Waals surface area contributed by atoms with Gasteiger partial charge in [-0.05, 0) is 49.7 Å². The quantitative estimate of drug-likeness (QED) is 0.274. The third-order valence-corrected chi connectivity index (χ3v) is 10.5. The molecule has 0 amide bonds. The Bertz CT molecular complexity index is 469. The molecule has 0 aromatic heterocycles. The van der Waals surface area contributed by atoms with Crippen molar-refractivity contribution in [3.05, 3.63) is 12.2 Å². The lowest BCUT2D eigenvalue weighted by Gasteiger charge is -2.38. The average molecular weight is 387 g/mol. The van der Waals surface area contributed by atoms with Gasteiger partial charge in [0.2, 0.25) is 0 Å². The summed E-state index contributed by atoms with van der Waals surface area (Å²) in [6, 6.07) is 0. The van der Waals surface area contributed by atoms with E-state index < -0.39 is 20.5 Å². The Labute approximate surface area is 159 Å². The van der Waals surface area contributed by atoms with Crippen molar-refractivity contribution in [2.24, 2.45) is 11.8 Å². The molecule has 0 saturated heterocycles. The van der Waals surface area contributed by atoms with Crippen LogP contribution >= 0.6 is 0 Å². The van der Waals surface area contributed by atoms with Gasteiger partial charge < -0.3 is 19.4 Å². The van der Waals surface area contributed by atoms with Crippen LogP contribution < -0.4 is 0 Å². The molecular formula is C20H38O5Si. The lowest BCUT2D eigenvalue weighted by molar-refractivity contribution is -0.140. The molecule has 26 heavy (non-hydrogen) atoms. The van der Waals surface area contributed by atoms with Crippen molar-refractivity contribution in [2.45, 2.75) is 83.2 Å². The number of ether oxygens (including phenoxy) is 1. The average Bonchev–Trinajstić information content (AvgIpc) is 2.80. The summed E-state index contributed by atoms with van der Waals surface area (Å²) in [7, 11) is -0.472. The summed E-state index contributed by atoms with van der Waals surface area (Å²) in [5.74, 6) is -0.193. The van der Waals surface area contributed by atoms with E-state index in [9.17, 15) is 15.0 Å². The summed E-state index contributed by atoms with van der Waals surface area (Å²) < 4.78 is 10.9. The second-order valence-electron chi connectivity index (χ2n) is 8.94. The minimum atomic E-state index is -1.87. The second-order valence-corrected chi connectivity index (χ2v) is 13.8. The topological polar surface area (TPSA) is 76.0 Å². The molecule has 0 spiro atoms. The summed E-state index contributed by atoms with van der Waals surface area (Å²) in [6.07, 6.45) is 6.25. The third-order valence-electron chi connectivity index (χ3n) is 6.02. The van der Waals surface area contributed by atoms with Gasteiger partial charge in [0.05, 0.1) is 19.3 Å². The van der Waals surface area contributed by atoms with Gasteiger partial charge in [-0.25, -0.2) is 0 Å². The Balaban J connectivity index is 2.53. The molecule has 4 atom stereocenters. The summed E-state index contributed by atoms with van der Waals surface area (Å²) in [5, 5.41) is 20.8. The van der Waals surface area contributed by atoms with E-state index in [2.05, 4.69) is 44.7 Å². The summed E-state index contributed by atoms with van der Waals surface area (Å²) in [4.78, 5) is 11.1. The first-order valence-corrected chi connectivity index (χ1v) is 12.6. The highest BCUT2D eigenvalue weighted by Gasteiger charge is 2.44. The van der Waals surface area contributed by atoms with Gasteiger partial charge in [-0.2, -0.15) is 0 Å². The first-order valence-electron chi connectivity index (χ1n) is 9.71. The lowest BCUT2D eigenvalue weighted by Crippen LogP contribution is -2.43. The van der Waals surface area contributed by atoms with E-state index in [1.165, 1.54) is 7.11 Å². The fourth-order valence-electron chi connectivity index (χ4n) is 3.09. The molecule has 0 radical (unpaired) electrons. The molecule has 1 saturated carbocycles. The predicted molar refractivity (Wildman–Crippen MR) is 106 cm³/mol. The van der Waals surface area contributed by atoms with E-state index in [0.29, 0.717) is 19.4 Å². The van der Waals surface area contributed by atoms with Crippen LogP contribution in [-0.2, 0) is 14.0 Å². The van der Waals surface area contributed by atoms with E-state index in [0.717, 1.165) is 19.3 Å². The van der Waals surface area contributed by atoms with Crippen molar-refractivity contribution in [1.29, 1.82) is 0 Å². The van der Waals surface area contributed by atoms with E-state index in [-0.39, 0.29) is 22.8 Å². The Kier molecular flexibility index (Phi) is 8.99. The number of allylic oxidation sites excluding steroid dienone is 2. The highest BCUT2D eigenvalue weighted by atomic mass is 28.4. The zero-order chi connectivity index (χ0) is 20.0. The van der Waals surface area contributed by atoms with Crippen LogP contribution in [0.2, 0.25) is 18.1 Å². The molecule has 2 N–H and O–H groups in total. The number of carbonyl (C=O) groups is 1. The maximum Gasteiger partial charge on any atom is 0.305 e. The van der Waals surface area contributed by atoms with Crippen LogP contribution in [0.3, 0.4) is 0 Å². The van der Waals surface area contributed by atoms with E-state index >= 15 is 0 Å². The van der Waals surface area contributed by atoms with Crippen LogP contribution in [0.4, 0.5) is 0 Å². The van der Waals surface area contributed by atoms with Crippen LogP contribution in [0.25, 0.3) is 0 Å². The molecule has 0 bridgehead atoms. The van der Waals surface area contributed by atoms with Gasteiger partial charge in [-0.3, -0.25) is 4.79 Å². The second kappa shape index (κ2) is 10.0. The number of carbonyl (C=O) groups excluding carboxylic acids is 1. The predicted octanol–water partition coefficient (Wildman–Crippen LogP) is 3.66. The first-order chi connectivity index (χ1) is 12.0. The number of hydrogen-bond acceptors (Lipinski definition) is 5. The summed E-state index contributed by atoms with van der Waals surface area (Å²) in [5.41, 5.74) is 0. The highest BCUT2D eigenvalue weighted by Crippen LogP contribution is 2.40. The minimum Gasteiger partial charge on any atom is -0.469 e. The molecule has 5 nitrogen and oxygen atoms in total. The highest BCUT2D eigenvalue weighted by molar-refractivity contribution is 6.74. The van der Waals surface area contributed by atoms with Crippen molar-refractivity contribution in [3.8, 4) is 0 Å². The lowest BCUT2D eigenvalue weighted by atomic mass is 9.91. The van der Waals surface area contributed by atoms with Gasteiger partial charge in [0.25, 0.3) is 0 Å². The van der Waals surface area contributed by atoms with Crippen LogP contribution in [0.1, 0.15) is 52.9 Å². The number of rotatable bonds is 9. The van der Waals surface area contributed by atoms with Crippen LogP contribution in [0.5, 0.6) is 0 Å². The Morgan fingerprint density at radius 1 is 1.15 bits per heavy atom. The van der Waals surface area contributed by atoms with E-state index in [1.807, 2.05) is 6.08 Å². The van der Waals surface area contributed by atoms with Gasteiger partial charge in [0, 0.05) is 18.9 Å². The standard InChI is InChI=1S/C20H38O5Si/c1-20(2,3)26(5,6)25-14-16-15(17(21)13-18(16)22)11-9-7-8-10-12-19(23)24-4/h7,9,15-18,21-22H,8,10-14H2,1-6H3/t15-,16-,17+,18-/m1/s1. The van der Waals surface area contributed by atoms with E-state index in [1.54, 1.807) is 0 Å². The van der Waals surface area contributed by atoms with Crippen molar-refractivity contribution >= 4 is 14.3 Å². The molecule has 0 aromatic rings. The van der Waals surface area contributed by atoms with Crippen LogP contribution in [0.15, 0.2) is 12.2 Å². The van der Waals surface area contributed by atoms with E-state index in [4.69, 9.17) is 4.43 Å². The number of unbranched alkanes of at least 4 members (excludes halogenated alkanes) is 1. The molecular weight excluding hydrogens is 348 g/mol. The largest absolute Gasteiger partial charge is 0.469 e. The third kappa shape index (κ3) is 6.80. The van der Waals surface area contributed by atoms with Gasteiger partial charge in [-0.15, -0.1) is 0 Å². The molecule has 0 aromatic carbocycles. The SMILES string of the molecule is COC(=O)CCCC=CC[C@@H]1[C@@H](CO[Si](C)(C)C(C)(C)C)[C@H](O)C[C@@H]1O. The maximum absolute atomic E-state index is 11.1. The van der Waals surface area contributed by atoms with Gasteiger partial charge in [0.1, 0.15) is 0 Å². The Morgan fingerprint density at radius 2 is 1.77 bits per heavy atom. The van der Waals surface area contributed by atoms with Gasteiger partial charge in [0.15, 0.2) is 8.32 Å². The molecule has 0 heterocycles. The normalized spacial score (nSPS) is 27.2. The molecule has 1 aliphatic carbocycles. The van der Waals surface area contributed by atoms with Crippen LogP contribution in [-0.4, -0.2) is 50.4 Å². The maximum atomic E-state index is 11.1. The smallest absolute Gasteiger partial charge is 0.305 e. The van der Waals surface area contributed by atoms with Crippen LogP contribution in [0, 0.1) is 11.8 Å². The summed E-state index contributed by atoms with van der Waals surface area (Å²) in [6.45, 7) is 11.5. The number of methoxy groups -OCH3 is 1. The zero-order valence-electron chi connectivity index (χ0n) is 17.3. The fourth-order valence-corrected chi connectivity index (χ4v) is 4.13. The Hall–Kier alpha value is -0.693. The molecule has 6 heteroatoms. The molecule has 0 unspecified atom stereocenters. The number of aliphatic hydroxyl groups is 2. The van der Waals surface area contributed by atoms with Crippen molar-refractivity contribution in [1.82, 2.24) is 0 Å². The van der Waals surface area contributed by atoms with Gasteiger partial charge >= 0.3 is 5.97 Å².